The second kappa shape index (κ2) is 7.39. The molecule has 0 aliphatic carbocycles. The fraction of sp³-hybridized carbons (Fsp3) is 0.722. The Hall–Kier alpha value is -1.49. The third kappa shape index (κ3) is 3.55. The number of rotatable bonds is 2. The van der Waals surface area contributed by atoms with E-state index in [1.807, 2.05) is 20.3 Å². The standard InChI is InChI=1S/C18H31N5/c1-19-16-15(8-12-21-16)17(20-2)23-13-7-5-10-18(14-23)9-4-3-6-11-22-18/h8,12,20,22H,3-7,9-11,13-14H2,1-2H3,(H,19,21)/b17-15+. The SMILES string of the molecule is C/N=C1/NC=C/C1=C(/NC)N1CCCCC2(CCCCCN2)C1. The van der Waals surface area contributed by atoms with E-state index in [-0.39, 0.29) is 5.54 Å². The van der Waals surface area contributed by atoms with Crippen molar-refractivity contribution in [2.75, 3.05) is 33.7 Å². The number of hydrogen-bond acceptors (Lipinski definition) is 4. The molecule has 3 N–H and O–H groups in total. The first-order valence-corrected chi connectivity index (χ1v) is 9.10. The van der Waals surface area contributed by atoms with Gasteiger partial charge >= 0.3 is 0 Å². The molecule has 0 amide bonds. The van der Waals surface area contributed by atoms with E-state index in [1.165, 1.54) is 62.9 Å². The average molecular weight is 317 g/mol. The minimum Gasteiger partial charge on any atom is -0.374 e. The van der Waals surface area contributed by atoms with Crippen LogP contribution in [-0.2, 0) is 0 Å². The van der Waals surface area contributed by atoms with Gasteiger partial charge in [0.05, 0.1) is 5.57 Å². The second-order valence-corrected chi connectivity index (χ2v) is 6.96. The first-order chi connectivity index (χ1) is 11.3. The van der Waals surface area contributed by atoms with Crippen LogP contribution in [0.1, 0.15) is 44.9 Å². The van der Waals surface area contributed by atoms with Gasteiger partial charge in [0.1, 0.15) is 11.7 Å². The number of hydrogen-bond donors (Lipinski definition) is 3. The highest BCUT2D eigenvalue weighted by Crippen LogP contribution is 2.30. The molecular formula is C18H31N5. The summed E-state index contributed by atoms with van der Waals surface area (Å²) in [7, 11) is 3.87. The number of aliphatic imine (C=N–C) groups is 1. The summed E-state index contributed by atoms with van der Waals surface area (Å²) in [5.41, 5.74) is 1.47. The van der Waals surface area contributed by atoms with Crippen molar-refractivity contribution in [3.63, 3.8) is 0 Å². The molecule has 5 nitrogen and oxygen atoms in total. The molecule has 5 heteroatoms. The Morgan fingerprint density at radius 1 is 1.22 bits per heavy atom. The second-order valence-electron chi connectivity index (χ2n) is 6.96. The zero-order valence-electron chi connectivity index (χ0n) is 14.6. The van der Waals surface area contributed by atoms with Gasteiger partial charge in [-0.05, 0) is 44.7 Å². The Labute approximate surface area is 140 Å². The van der Waals surface area contributed by atoms with Gasteiger partial charge in [-0.1, -0.05) is 12.8 Å². The van der Waals surface area contributed by atoms with Crippen LogP contribution in [0.4, 0.5) is 0 Å². The van der Waals surface area contributed by atoms with Crippen LogP contribution < -0.4 is 16.0 Å². The van der Waals surface area contributed by atoms with Crippen LogP contribution in [0.5, 0.6) is 0 Å². The third-order valence-corrected chi connectivity index (χ3v) is 5.42. The summed E-state index contributed by atoms with van der Waals surface area (Å²) < 4.78 is 0. The maximum Gasteiger partial charge on any atom is 0.135 e. The summed E-state index contributed by atoms with van der Waals surface area (Å²) in [5.74, 6) is 2.17. The van der Waals surface area contributed by atoms with Crippen LogP contribution in [0.3, 0.4) is 0 Å². The van der Waals surface area contributed by atoms with Crippen molar-refractivity contribution >= 4 is 5.84 Å². The van der Waals surface area contributed by atoms with Crippen molar-refractivity contribution in [2.24, 2.45) is 4.99 Å². The summed E-state index contributed by atoms with van der Waals surface area (Å²) in [6, 6.07) is 0. The molecule has 23 heavy (non-hydrogen) atoms. The highest BCUT2D eigenvalue weighted by Gasteiger charge is 2.35. The Bertz CT molecular complexity index is 492. The van der Waals surface area contributed by atoms with E-state index in [4.69, 9.17) is 0 Å². The molecule has 0 aromatic carbocycles. The van der Waals surface area contributed by atoms with Crippen LogP contribution >= 0.6 is 0 Å². The molecule has 3 aliphatic heterocycles. The normalized spacial score (nSPS) is 32.6. The molecule has 0 radical (unpaired) electrons. The lowest BCUT2D eigenvalue weighted by Gasteiger charge is -2.38. The Kier molecular flexibility index (Phi) is 5.26. The predicted molar refractivity (Wildman–Crippen MR) is 96.3 cm³/mol. The van der Waals surface area contributed by atoms with Gasteiger partial charge in [0.25, 0.3) is 0 Å². The minimum atomic E-state index is 0.287. The van der Waals surface area contributed by atoms with Gasteiger partial charge in [-0.2, -0.15) is 0 Å². The van der Waals surface area contributed by atoms with Crippen LogP contribution in [-0.4, -0.2) is 50.0 Å². The predicted octanol–water partition coefficient (Wildman–Crippen LogP) is 1.95. The van der Waals surface area contributed by atoms with E-state index >= 15 is 0 Å². The maximum atomic E-state index is 4.38. The van der Waals surface area contributed by atoms with E-state index in [2.05, 4.69) is 31.9 Å². The molecule has 0 aromatic heterocycles. The van der Waals surface area contributed by atoms with Crippen molar-refractivity contribution in [1.82, 2.24) is 20.9 Å². The van der Waals surface area contributed by atoms with Gasteiger partial charge in [-0.3, -0.25) is 4.99 Å². The van der Waals surface area contributed by atoms with Crippen molar-refractivity contribution in [3.8, 4) is 0 Å². The van der Waals surface area contributed by atoms with Crippen LogP contribution in [0.2, 0.25) is 0 Å². The highest BCUT2D eigenvalue weighted by molar-refractivity contribution is 6.04. The quantitative estimate of drug-likeness (QED) is 0.729. The number of nitrogens with zero attached hydrogens (tertiary/aromatic N) is 2. The van der Waals surface area contributed by atoms with E-state index in [0.29, 0.717) is 0 Å². The Balaban J connectivity index is 1.87. The molecule has 2 saturated heterocycles. The smallest absolute Gasteiger partial charge is 0.135 e. The lowest BCUT2D eigenvalue weighted by Crippen LogP contribution is -2.53. The maximum absolute atomic E-state index is 4.38. The van der Waals surface area contributed by atoms with E-state index in [1.54, 1.807) is 0 Å². The van der Waals surface area contributed by atoms with Gasteiger partial charge in [0.15, 0.2) is 0 Å². The van der Waals surface area contributed by atoms with Crippen molar-refractivity contribution in [2.45, 2.75) is 50.5 Å². The van der Waals surface area contributed by atoms with Crippen LogP contribution in [0.25, 0.3) is 0 Å². The Morgan fingerprint density at radius 2 is 2.04 bits per heavy atom. The molecule has 3 rings (SSSR count). The molecule has 3 aliphatic rings. The highest BCUT2D eigenvalue weighted by atomic mass is 15.3. The van der Waals surface area contributed by atoms with Gasteiger partial charge in [-0.25, -0.2) is 0 Å². The van der Waals surface area contributed by atoms with Crippen molar-refractivity contribution < 1.29 is 0 Å². The first-order valence-electron chi connectivity index (χ1n) is 9.10. The van der Waals surface area contributed by atoms with Gasteiger partial charge in [-0.15, -0.1) is 0 Å². The fourth-order valence-corrected chi connectivity index (χ4v) is 4.24. The summed E-state index contributed by atoms with van der Waals surface area (Å²) in [4.78, 5) is 6.92. The number of likely N-dealkylation sites (tertiary alicyclic amines) is 1. The Morgan fingerprint density at radius 3 is 2.83 bits per heavy atom. The largest absolute Gasteiger partial charge is 0.374 e. The average Bonchev–Trinajstić information content (AvgIpc) is 2.78. The van der Waals surface area contributed by atoms with Crippen LogP contribution in [0.15, 0.2) is 28.7 Å². The minimum absolute atomic E-state index is 0.287. The van der Waals surface area contributed by atoms with Crippen molar-refractivity contribution in [3.05, 3.63) is 23.7 Å². The van der Waals surface area contributed by atoms with E-state index in [9.17, 15) is 0 Å². The molecule has 1 spiro atoms. The van der Waals surface area contributed by atoms with E-state index in [0.717, 1.165) is 18.9 Å². The fourth-order valence-electron chi connectivity index (χ4n) is 4.24. The molecule has 1 atom stereocenters. The van der Waals surface area contributed by atoms with Gasteiger partial charge in [0.2, 0.25) is 0 Å². The molecule has 128 valence electrons. The monoisotopic (exact) mass is 317 g/mol. The van der Waals surface area contributed by atoms with Gasteiger partial charge in [0, 0.05) is 38.9 Å². The van der Waals surface area contributed by atoms with Gasteiger partial charge < -0.3 is 20.9 Å². The van der Waals surface area contributed by atoms with Crippen molar-refractivity contribution in [1.29, 1.82) is 0 Å². The van der Waals surface area contributed by atoms with E-state index < -0.39 is 0 Å². The molecule has 0 aromatic rings. The molecule has 2 fully saturated rings. The number of amidine groups is 1. The topological polar surface area (TPSA) is 51.7 Å². The number of nitrogens with one attached hydrogen (secondary N) is 3. The third-order valence-electron chi connectivity index (χ3n) is 5.42. The molecular weight excluding hydrogens is 286 g/mol. The zero-order chi connectivity index (χ0) is 16.1. The lowest BCUT2D eigenvalue weighted by atomic mass is 9.88. The zero-order valence-corrected chi connectivity index (χ0v) is 14.6. The summed E-state index contributed by atoms with van der Waals surface area (Å²) in [5, 5.41) is 10.6. The molecule has 0 saturated carbocycles. The molecule has 3 heterocycles. The molecule has 0 bridgehead atoms. The summed E-state index contributed by atoms with van der Waals surface area (Å²) in [6.07, 6.45) is 13.3. The first kappa shape index (κ1) is 16.4. The molecule has 1 unspecified atom stereocenters. The van der Waals surface area contributed by atoms with Crippen LogP contribution in [0, 0.1) is 0 Å². The summed E-state index contributed by atoms with van der Waals surface area (Å²) >= 11 is 0. The summed E-state index contributed by atoms with van der Waals surface area (Å²) in [6.45, 7) is 3.38. The lowest BCUT2D eigenvalue weighted by molar-refractivity contribution is 0.213.